The van der Waals surface area contributed by atoms with Crippen LogP contribution in [0.1, 0.15) is 23.7 Å². The molecular weight excluding hydrogens is 262 g/mol. The number of benzene rings is 1. The number of nitrogens with one attached hydrogen (secondary N) is 1. The second-order valence-corrected chi connectivity index (χ2v) is 6.16. The molecule has 1 amide bonds. The first-order valence-electron chi connectivity index (χ1n) is 7.63. The lowest BCUT2D eigenvalue weighted by Gasteiger charge is -2.28. The first-order chi connectivity index (χ1) is 10.3. The molecule has 2 aromatic rings. The van der Waals surface area contributed by atoms with E-state index >= 15 is 0 Å². The molecule has 2 aliphatic rings. The van der Waals surface area contributed by atoms with Crippen molar-refractivity contribution in [1.29, 1.82) is 0 Å². The SMILES string of the molecule is CC1CC2CNCC2N1C(=O)c1ccnc2ccccc12. The Labute approximate surface area is 124 Å². The third-order valence-corrected chi connectivity index (χ3v) is 4.89. The van der Waals surface area contributed by atoms with E-state index in [1.807, 2.05) is 30.3 Å². The number of fused-ring (bicyclic) bond motifs is 2. The highest BCUT2D eigenvalue weighted by molar-refractivity contribution is 6.06. The minimum atomic E-state index is 0.150. The Morgan fingerprint density at radius 1 is 1.29 bits per heavy atom. The Bertz CT molecular complexity index is 694. The lowest BCUT2D eigenvalue weighted by molar-refractivity contribution is 0.0684. The molecule has 0 radical (unpaired) electrons. The van der Waals surface area contributed by atoms with Crippen molar-refractivity contribution in [1.82, 2.24) is 15.2 Å². The molecular formula is C17H19N3O. The molecule has 0 aliphatic carbocycles. The zero-order chi connectivity index (χ0) is 14.4. The van der Waals surface area contributed by atoms with Crippen molar-refractivity contribution < 1.29 is 4.79 Å². The van der Waals surface area contributed by atoms with Crippen molar-refractivity contribution >= 4 is 16.8 Å². The average molecular weight is 281 g/mol. The molecule has 3 unspecified atom stereocenters. The molecule has 1 aromatic heterocycles. The quantitative estimate of drug-likeness (QED) is 0.870. The zero-order valence-electron chi connectivity index (χ0n) is 12.1. The number of pyridine rings is 1. The summed E-state index contributed by atoms with van der Waals surface area (Å²) < 4.78 is 0. The molecule has 0 saturated carbocycles. The second-order valence-electron chi connectivity index (χ2n) is 6.16. The normalized spacial score (nSPS) is 28.0. The van der Waals surface area contributed by atoms with Crippen molar-refractivity contribution in [3.8, 4) is 0 Å². The van der Waals surface area contributed by atoms with Gasteiger partial charge in [-0.2, -0.15) is 0 Å². The largest absolute Gasteiger partial charge is 0.331 e. The minimum absolute atomic E-state index is 0.150. The van der Waals surface area contributed by atoms with E-state index in [1.165, 1.54) is 0 Å². The van der Waals surface area contributed by atoms with Gasteiger partial charge in [0.2, 0.25) is 0 Å². The van der Waals surface area contributed by atoms with Crippen molar-refractivity contribution in [2.24, 2.45) is 5.92 Å². The van der Waals surface area contributed by atoms with E-state index in [2.05, 4.69) is 22.1 Å². The fourth-order valence-electron chi connectivity index (χ4n) is 3.94. The Morgan fingerprint density at radius 2 is 2.14 bits per heavy atom. The molecule has 21 heavy (non-hydrogen) atoms. The van der Waals surface area contributed by atoms with E-state index in [4.69, 9.17) is 0 Å². The number of carbonyl (C=O) groups is 1. The molecule has 3 heterocycles. The predicted octanol–water partition coefficient (Wildman–Crippen LogP) is 2.06. The highest BCUT2D eigenvalue weighted by Gasteiger charge is 2.44. The van der Waals surface area contributed by atoms with E-state index in [9.17, 15) is 4.79 Å². The monoisotopic (exact) mass is 281 g/mol. The molecule has 1 aromatic carbocycles. The molecule has 0 bridgehead atoms. The molecule has 2 aliphatic heterocycles. The van der Waals surface area contributed by atoms with Gasteiger partial charge in [0.15, 0.2) is 0 Å². The summed E-state index contributed by atoms with van der Waals surface area (Å²) in [4.78, 5) is 19.5. The van der Waals surface area contributed by atoms with Crippen LogP contribution in [0.2, 0.25) is 0 Å². The van der Waals surface area contributed by atoms with Crippen LogP contribution in [-0.4, -0.2) is 41.0 Å². The Morgan fingerprint density at radius 3 is 3.05 bits per heavy atom. The van der Waals surface area contributed by atoms with Crippen LogP contribution < -0.4 is 5.32 Å². The maximum absolute atomic E-state index is 13.1. The van der Waals surface area contributed by atoms with E-state index in [0.29, 0.717) is 18.0 Å². The number of aromatic nitrogens is 1. The molecule has 3 atom stereocenters. The second kappa shape index (κ2) is 4.81. The lowest BCUT2D eigenvalue weighted by Crippen LogP contribution is -2.42. The summed E-state index contributed by atoms with van der Waals surface area (Å²) in [7, 11) is 0. The van der Waals surface area contributed by atoms with Crippen molar-refractivity contribution in [2.45, 2.75) is 25.4 Å². The molecule has 0 spiro atoms. The number of likely N-dealkylation sites (tertiary alicyclic amines) is 1. The highest BCUT2D eigenvalue weighted by Crippen LogP contribution is 2.34. The van der Waals surface area contributed by atoms with Gasteiger partial charge in [0, 0.05) is 36.8 Å². The zero-order valence-corrected chi connectivity index (χ0v) is 12.1. The smallest absolute Gasteiger partial charge is 0.255 e. The summed E-state index contributed by atoms with van der Waals surface area (Å²) in [5.74, 6) is 0.759. The van der Waals surface area contributed by atoms with Crippen LogP contribution in [0.25, 0.3) is 10.9 Å². The molecule has 2 saturated heterocycles. The summed E-state index contributed by atoms with van der Waals surface area (Å²) in [5.41, 5.74) is 1.66. The average Bonchev–Trinajstić information content (AvgIpc) is 3.06. The van der Waals surface area contributed by atoms with Gasteiger partial charge in [0.05, 0.1) is 11.1 Å². The van der Waals surface area contributed by atoms with E-state index in [1.54, 1.807) is 6.20 Å². The fraction of sp³-hybridized carbons (Fsp3) is 0.412. The van der Waals surface area contributed by atoms with Crippen LogP contribution in [0.15, 0.2) is 36.5 Å². The van der Waals surface area contributed by atoms with Gasteiger partial charge in [-0.25, -0.2) is 0 Å². The van der Waals surface area contributed by atoms with Gasteiger partial charge in [-0.05, 0) is 31.4 Å². The summed E-state index contributed by atoms with van der Waals surface area (Å²) in [6.07, 6.45) is 2.84. The van der Waals surface area contributed by atoms with E-state index in [0.717, 1.165) is 36.0 Å². The fourth-order valence-corrected chi connectivity index (χ4v) is 3.94. The third-order valence-electron chi connectivity index (χ3n) is 4.89. The van der Waals surface area contributed by atoms with Crippen LogP contribution in [0.5, 0.6) is 0 Å². The maximum Gasteiger partial charge on any atom is 0.255 e. The Kier molecular flexibility index (Phi) is 2.93. The summed E-state index contributed by atoms with van der Waals surface area (Å²) in [6.45, 7) is 4.12. The number of hydrogen-bond acceptors (Lipinski definition) is 3. The number of amides is 1. The number of carbonyl (C=O) groups excluding carboxylic acids is 1. The summed E-state index contributed by atoms with van der Waals surface area (Å²) >= 11 is 0. The summed E-state index contributed by atoms with van der Waals surface area (Å²) in [5, 5.41) is 4.36. The van der Waals surface area contributed by atoms with Gasteiger partial charge in [0.25, 0.3) is 5.91 Å². The first-order valence-corrected chi connectivity index (χ1v) is 7.63. The van der Waals surface area contributed by atoms with Crippen molar-refractivity contribution in [2.75, 3.05) is 13.1 Å². The molecule has 1 N–H and O–H groups in total. The van der Waals surface area contributed by atoms with Crippen molar-refractivity contribution in [3.63, 3.8) is 0 Å². The van der Waals surface area contributed by atoms with Crippen LogP contribution in [0.4, 0.5) is 0 Å². The van der Waals surface area contributed by atoms with Gasteiger partial charge < -0.3 is 10.2 Å². The van der Waals surface area contributed by atoms with E-state index in [-0.39, 0.29) is 5.91 Å². The van der Waals surface area contributed by atoms with Crippen molar-refractivity contribution in [3.05, 3.63) is 42.1 Å². The van der Waals surface area contributed by atoms with E-state index < -0.39 is 0 Å². The highest BCUT2D eigenvalue weighted by atomic mass is 16.2. The molecule has 4 nitrogen and oxygen atoms in total. The number of rotatable bonds is 1. The number of hydrogen-bond donors (Lipinski definition) is 1. The van der Waals surface area contributed by atoms with Crippen LogP contribution in [-0.2, 0) is 0 Å². The molecule has 4 heteroatoms. The topological polar surface area (TPSA) is 45.2 Å². The first kappa shape index (κ1) is 12.8. The molecule has 2 fully saturated rings. The molecule has 4 rings (SSSR count). The van der Waals surface area contributed by atoms with Crippen LogP contribution in [0, 0.1) is 5.92 Å². The van der Waals surface area contributed by atoms with Gasteiger partial charge >= 0.3 is 0 Å². The summed E-state index contributed by atoms with van der Waals surface area (Å²) in [6, 6.07) is 10.4. The number of para-hydroxylation sites is 1. The van der Waals surface area contributed by atoms with Gasteiger partial charge in [-0.3, -0.25) is 9.78 Å². The van der Waals surface area contributed by atoms with Gasteiger partial charge in [0.1, 0.15) is 0 Å². The van der Waals surface area contributed by atoms with Gasteiger partial charge in [-0.15, -0.1) is 0 Å². The maximum atomic E-state index is 13.1. The van der Waals surface area contributed by atoms with Crippen LogP contribution in [0.3, 0.4) is 0 Å². The molecule has 108 valence electrons. The predicted molar refractivity (Wildman–Crippen MR) is 82.1 cm³/mol. The number of nitrogens with zero attached hydrogens (tertiary/aromatic N) is 2. The third kappa shape index (κ3) is 1.94. The van der Waals surface area contributed by atoms with Crippen LogP contribution >= 0.6 is 0 Å². The Hall–Kier alpha value is -1.94. The lowest BCUT2D eigenvalue weighted by atomic mass is 10.0. The standard InChI is InChI=1S/C17H19N3O/c1-11-8-12-9-18-10-16(12)20(11)17(21)14-6-7-19-15-5-3-2-4-13(14)15/h2-7,11-12,16,18H,8-10H2,1H3. The van der Waals surface area contributed by atoms with Gasteiger partial charge in [-0.1, -0.05) is 18.2 Å². The minimum Gasteiger partial charge on any atom is -0.331 e. The Balaban J connectivity index is 1.76.